The van der Waals surface area contributed by atoms with Crippen LogP contribution in [0.3, 0.4) is 0 Å². The number of hydrogen-bond acceptors (Lipinski definition) is 1. The Labute approximate surface area is 75.0 Å². The van der Waals surface area contributed by atoms with E-state index in [2.05, 4.69) is 26.8 Å². The summed E-state index contributed by atoms with van der Waals surface area (Å²) in [6.07, 6.45) is 3.79. The second-order valence-electron chi connectivity index (χ2n) is 5.03. The van der Waals surface area contributed by atoms with E-state index in [9.17, 15) is 0 Å². The van der Waals surface area contributed by atoms with E-state index in [1.807, 2.05) is 0 Å². The summed E-state index contributed by atoms with van der Waals surface area (Å²) in [6, 6.07) is 0. The highest BCUT2D eigenvalue weighted by Gasteiger charge is 2.53. The molecule has 0 radical (unpaired) electrons. The molecule has 3 aliphatic carbocycles. The van der Waals surface area contributed by atoms with Gasteiger partial charge in [0.2, 0.25) is 0 Å². The Hall–Kier alpha value is -0.300. The molecule has 0 amide bonds. The maximum atomic E-state index is 5.76. The summed E-state index contributed by atoms with van der Waals surface area (Å²) in [7, 11) is 0. The van der Waals surface area contributed by atoms with E-state index >= 15 is 0 Å². The van der Waals surface area contributed by atoms with Crippen LogP contribution in [0.2, 0.25) is 0 Å². The highest BCUT2D eigenvalue weighted by Crippen LogP contribution is 2.60. The monoisotopic (exact) mass is 165 g/mol. The molecule has 3 atom stereocenters. The molecule has 0 saturated heterocycles. The van der Waals surface area contributed by atoms with Crippen molar-refractivity contribution in [1.29, 1.82) is 0 Å². The predicted molar refractivity (Wildman–Crippen MR) is 51.7 cm³/mol. The van der Waals surface area contributed by atoms with E-state index in [1.165, 1.54) is 6.42 Å². The first-order chi connectivity index (χ1) is 5.57. The predicted octanol–water partition coefficient (Wildman–Crippen LogP) is 2.18. The first kappa shape index (κ1) is 8.31. The van der Waals surface area contributed by atoms with Gasteiger partial charge in [0.1, 0.15) is 0 Å². The standard InChI is InChI=1S/C11H19N/c1-7-4-8(6-12)10-5-9(7)11(10,2)3/h4,8-10H,5-6,12H2,1-3H3. The van der Waals surface area contributed by atoms with Crippen LogP contribution in [0, 0.1) is 23.2 Å². The van der Waals surface area contributed by atoms with Gasteiger partial charge in [-0.15, -0.1) is 0 Å². The summed E-state index contributed by atoms with van der Waals surface area (Å²) < 4.78 is 0. The summed E-state index contributed by atoms with van der Waals surface area (Å²) in [5.74, 6) is 2.37. The number of fused-ring (bicyclic) bond motifs is 1. The van der Waals surface area contributed by atoms with Gasteiger partial charge in [-0.2, -0.15) is 0 Å². The minimum absolute atomic E-state index is 0.531. The van der Waals surface area contributed by atoms with Gasteiger partial charge in [-0.25, -0.2) is 0 Å². The van der Waals surface area contributed by atoms with Crippen molar-refractivity contribution in [1.82, 2.24) is 0 Å². The van der Waals surface area contributed by atoms with Crippen LogP contribution in [-0.2, 0) is 0 Å². The molecule has 0 aliphatic heterocycles. The quantitative estimate of drug-likeness (QED) is 0.592. The van der Waals surface area contributed by atoms with Gasteiger partial charge in [0, 0.05) is 0 Å². The molecule has 1 nitrogen and oxygen atoms in total. The molecule has 0 aromatic rings. The molecule has 3 unspecified atom stereocenters. The molecule has 68 valence electrons. The molecule has 0 heterocycles. The van der Waals surface area contributed by atoms with Gasteiger partial charge in [-0.05, 0) is 43.1 Å². The molecule has 1 heteroatoms. The Balaban J connectivity index is 2.29. The van der Waals surface area contributed by atoms with Crippen molar-refractivity contribution in [2.45, 2.75) is 27.2 Å². The van der Waals surface area contributed by atoms with Gasteiger partial charge < -0.3 is 5.73 Å². The maximum absolute atomic E-state index is 5.76. The van der Waals surface area contributed by atoms with Crippen molar-refractivity contribution in [3.63, 3.8) is 0 Å². The fourth-order valence-electron chi connectivity index (χ4n) is 3.26. The van der Waals surface area contributed by atoms with Gasteiger partial charge >= 0.3 is 0 Å². The van der Waals surface area contributed by atoms with E-state index in [4.69, 9.17) is 5.73 Å². The second kappa shape index (κ2) is 2.35. The van der Waals surface area contributed by atoms with Crippen LogP contribution in [0.5, 0.6) is 0 Å². The van der Waals surface area contributed by atoms with Crippen molar-refractivity contribution >= 4 is 0 Å². The third-order valence-electron chi connectivity index (χ3n) is 4.16. The largest absolute Gasteiger partial charge is 0.330 e. The number of nitrogens with two attached hydrogens (primary N) is 1. The van der Waals surface area contributed by atoms with Crippen LogP contribution in [0.1, 0.15) is 27.2 Å². The van der Waals surface area contributed by atoms with Crippen molar-refractivity contribution in [2.75, 3.05) is 6.54 Å². The van der Waals surface area contributed by atoms with Crippen molar-refractivity contribution in [3.05, 3.63) is 11.6 Å². The fraction of sp³-hybridized carbons (Fsp3) is 0.818. The zero-order valence-electron chi connectivity index (χ0n) is 8.30. The molecule has 1 saturated carbocycles. The van der Waals surface area contributed by atoms with Gasteiger partial charge in [0.05, 0.1) is 0 Å². The molecule has 3 aliphatic rings. The van der Waals surface area contributed by atoms with Crippen LogP contribution in [0.15, 0.2) is 11.6 Å². The average molecular weight is 165 g/mol. The lowest BCUT2D eigenvalue weighted by molar-refractivity contribution is -0.0367. The fourth-order valence-corrected chi connectivity index (χ4v) is 3.26. The molecule has 12 heavy (non-hydrogen) atoms. The minimum atomic E-state index is 0.531. The molecule has 1 fully saturated rings. The molecule has 0 aromatic carbocycles. The summed E-state index contributed by atoms with van der Waals surface area (Å²) in [5, 5.41) is 0. The minimum Gasteiger partial charge on any atom is -0.330 e. The van der Waals surface area contributed by atoms with Gasteiger partial charge in [-0.3, -0.25) is 0 Å². The van der Waals surface area contributed by atoms with Crippen molar-refractivity contribution < 1.29 is 0 Å². The van der Waals surface area contributed by atoms with Crippen LogP contribution in [0.4, 0.5) is 0 Å². The van der Waals surface area contributed by atoms with Crippen LogP contribution in [0.25, 0.3) is 0 Å². The van der Waals surface area contributed by atoms with Crippen molar-refractivity contribution in [3.8, 4) is 0 Å². The first-order valence-corrected chi connectivity index (χ1v) is 4.95. The number of hydrogen-bond donors (Lipinski definition) is 1. The van der Waals surface area contributed by atoms with Gasteiger partial charge in [0.25, 0.3) is 0 Å². The lowest BCUT2D eigenvalue weighted by atomic mass is 9.46. The summed E-state index contributed by atoms with van der Waals surface area (Å²) in [5.41, 5.74) is 7.87. The molecular formula is C11H19N. The summed E-state index contributed by atoms with van der Waals surface area (Å²) in [6.45, 7) is 7.89. The van der Waals surface area contributed by atoms with E-state index in [0.717, 1.165) is 18.4 Å². The summed E-state index contributed by atoms with van der Waals surface area (Å²) >= 11 is 0. The lowest BCUT2D eigenvalue weighted by Crippen LogP contribution is -2.53. The van der Waals surface area contributed by atoms with Crippen LogP contribution >= 0.6 is 0 Å². The van der Waals surface area contributed by atoms with Crippen LogP contribution in [-0.4, -0.2) is 6.54 Å². The molecule has 2 bridgehead atoms. The topological polar surface area (TPSA) is 26.0 Å². The van der Waals surface area contributed by atoms with Gasteiger partial charge in [-0.1, -0.05) is 25.5 Å². The smallest absolute Gasteiger partial charge is 0.00112 e. The Bertz CT molecular complexity index is 227. The van der Waals surface area contributed by atoms with E-state index in [0.29, 0.717) is 11.3 Å². The average Bonchev–Trinajstić information content (AvgIpc) is 2.02. The molecule has 3 rings (SSSR count). The van der Waals surface area contributed by atoms with E-state index < -0.39 is 0 Å². The van der Waals surface area contributed by atoms with E-state index in [-0.39, 0.29) is 0 Å². The highest BCUT2D eigenvalue weighted by molar-refractivity contribution is 5.24. The highest BCUT2D eigenvalue weighted by atomic mass is 14.6. The van der Waals surface area contributed by atoms with E-state index in [1.54, 1.807) is 5.57 Å². The number of rotatable bonds is 1. The zero-order chi connectivity index (χ0) is 8.93. The molecule has 0 spiro atoms. The first-order valence-electron chi connectivity index (χ1n) is 4.95. The van der Waals surface area contributed by atoms with Crippen LogP contribution < -0.4 is 5.73 Å². The maximum Gasteiger partial charge on any atom is -0.00112 e. The Kier molecular flexibility index (Phi) is 1.63. The molecule has 2 N–H and O–H groups in total. The third kappa shape index (κ3) is 0.832. The molecule has 0 aromatic heterocycles. The summed E-state index contributed by atoms with van der Waals surface area (Å²) in [4.78, 5) is 0. The van der Waals surface area contributed by atoms with Crippen molar-refractivity contribution in [2.24, 2.45) is 28.9 Å². The second-order valence-corrected chi connectivity index (χ2v) is 5.03. The lowest BCUT2D eigenvalue weighted by Gasteiger charge is -2.59. The molecular weight excluding hydrogens is 146 g/mol. The Morgan fingerprint density at radius 2 is 2.25 bits per heavy atom. The zero-order valence-corrected chi connectivity index (χ0v) is 8.30. The van der Waals surface area contributed by atoms with Gasteiger partial charge in [0.15, 0.2) is 0 Å². The SMILES string of the molecule is CC1=CC(CN)C2CC1C2(C)C. The Morgan fingerprint density at radius 1 is 1.58 bits per heavy atom. The number of allylic oxidation sites excluding steroid dienone is 1. The third-order valence-corrected chi connectivity index (χ3v) is 4.16. The Morgan fingerprint density at radius 3 is 2.67 bits per heavy atom. The normalized spacial score (nSPS) is 43.3.